The average molecular weight is 291 g/mol. The molecule has 4 nitrogen and oxygen atoms in total. The monoisotopic (exact) mass is 291 g/mol. The first-order valence-corrected chi connectivity index (χ1v) is 7.77. The first-order valence-electron chi connectivity index (χ1n) is 7.77. The van der Waals surface area contributed by atoms with Crippen LogP contribution in [-0.2, 0) is 9.53 Å². The normalized spacial score (nSPS) is 20.7. The molecule has 0 aromatic heterocycles. The number of carbonyl (C=O) groups excluding carboxylic acids is 1. The fraction of sp³-hybridized carbons (Fsp3) is 0.588. The Kier molecular flexibility index (Phi) is 6.05. The van der Waals surface area contributed by atoms with Crippen molar-refractivity contribution in [2.75, 3.05) is 19.7 Å². The van der Waals surface area contributed by atoms with Crippen LogP contribution in [0.25, 0.3) is 0 Å². The van der Waals surface area contributed by atoms with Crippen LogP contribution in [0.5, 0.6) is 5.75 Å². The van der Waals surface area contributed by atoms with Crippen LogP contribution >= 0.6 is 0 Å². The van der Waals surface area contributed by atoms with Crippen molar-refractivity contribution < 1.29 is 14.3 Å². The lowest BCUT2D eigenvalue weighted by atomic mass is 9.82. The molecule has 1 aliphatic carbocycles. The number of benzene rings is 1. The van der Waals surface area contributed by atoms with Crippen LogP contribution < -0.4 is 10.1 Å². The van der Waals surface area contributed by atoms with Crippen LogP contribution in [0.3, 0.4) is 0 Å². The molecule has 1 N–H and O–H groups in total. The number of aryl methyl sites for hydroxylation is 1. The van der Waals surface area contributed by atoms with Gasteiger partial charge in [0.15, 0.2) is 0 Å². The summed E-state index contributed by atoms with van der Waals surface area (Å²) >= 11 is 0. The minimum absolute atomic E-state index is 0.126. The van der Waals surface area contributed by atoms with E-state index in [0.29, 0.717) is 31.6 Å². The molecule has 1 aromatic carbocycles. The van der Waals surface area contributed by atoms with Crippen molar-refractivity contribution in [2.24, 2.45) is 5.92 Å². The van der Waals surface area contributed by atoms with E-state index in [-0.39, 0.29) is 5.97 Å². The molecule has 1 saturated carbocycles. The molecule has 1 aromatic rings. The van der Waals surface area contributed by atoms with Gasteiger partial charge in [-0.2, -0.15) is 0 Å². The maximum atomic E-state index is 11.2. The summed E-state index contributed by atoms with van der Waals surface area (Å²) in [5.41, 5.74) is 1.25. The summed E-state index contributed by atoms with van der Waals surface area (Å²) in [4.78, 5) is 11.2. The minimum Gasteiger partial charge on any atom is -0.490 e. The second-order valence-electron chi connectivity index (χ2n) is 5.65. The molecular formula is C17H25NO3. The van der Waals surface area contributed by atoms with Crippen molar-refractivity contribution in [1.29, 1.82) is 0 Å². The van der Waals surface area contributed by atoms with Gasteiger partial charge < -0.3 is 14.8 Å². The molecule has 4 heteroatoms. The summed E-state index contributed by atoms with van der Waals surface area (Å²) in [6.07, 6.45) is 2.95. The number of nitrogens with one attached hydrogen (secondary N) is 1. The Hall–Kier alpha value is -1.55. The van der Waals surface area contributed by atoms with Gasteiger partial charge in [-0.05, 0) is 51.3 Å². The highest BCUT2D eigenvalue weighted by atomic mass is 16.5. The van der Waals surface area contributed by atoms with Crippen molar-refractivity contribution in [3.63, 3.8) is 0 Å². The third-order valence-corrected chi connectivity index (χ3v) is 3.76. The van der Waals surface area contributed by atoms with Gasteiger partial charge >= 0.3 is 5.97 Å². The Balaban J connectivity index is 1.53. The van der Waals surface area contributed by atoms with Gasteiger partial charge in [0.25, 0.3) is 0 Å². The predicted molar refractivity (Wildman–Crippen MR) is 82.4 cm³/mol. The number of carbonyl (C=O) groups is 1. The zero-order chi connectivity index (χ0) is 15.1. The lowest BCUT2D eigenvalue weighted by Gasteiger charge is -2.35. The number of hydrogen-bond donors (Lipinski definition) is 1. The van der Waals surface area contributed by atoms with Gasteiger partial charge in [-0.15, -0.1) is 0 Å². The lowest BCUT2D eigenvalue weighted by Crippen LogP contribution is -2.40. The fourth-order valence-electron chi connectivity index (χ4n) is 2.48. The first kappa shape index (κ1) is 15.8. The van der Waals surface area contributed by atoms with Crippen molar-refractivity contribution in [1.82, 2.24) is 5.32 Å². The Morgan fingerprint density at radius 2 is 2.00 bits per heavy atom. The van der Waals surface area contributed by atoms with E-state index in [1.807, 2.05) is 19.1 Å². The highest BCUT2D eigenvalue weighted by molar-refractivity contribution is 5.69. The standard InChI is InChI=1S/C17H25NO3/c1-3-20-17(19)8-9-18-12-14-10-16(11-14)21-15-6-4-13(2)5-7-15/h4-7,14,16,18H,3,8-12H2,1-2H3. The average Bonchev–Trinajstić information content (AvgIpc) is 2.42. The molecule has 0 heterocycles. The molecule has 0 saturated heterocycles. The zero-order valence-corrected chi connectivity index (χ0v) is 12.9. The van der Waals surface area contributed by atoms with Gasteiger partial charge in [-0.25, -0.2) is 0 Å². The molecule has 0 unspecified atom stereocenters. The molecule has 1 aliphatic rings. The second kappa shape index (κ2) is 8.03. The van der Waals surface area contributed by atoms with E-state index in [0.717, 1.165) is 25.1 Å². The number of esters is 1. The van der Waals surface area contributed by atoms with E-state index in [9.17, 15) is 4.79 Å². The Bertz CT molecular complexity index is 438. The lowest BCUT2D eigenvalue weighted by molar-refractivity contribution is -0.143. The van der Waals surface area contributed by atoms with Crippen LogP contribution in [-0.4, -0.2) is 31.8 Å². The highest BCUT2D eigenvalue weighted by Gasteiger charge is 2.30. The van der Waals surface area contributed by atoms with Crippen LogP contribution in [0.1, 0.15) is 31.7 Å². The quantitative estimate of drug-likeness (QED) is 0.591. The summed E-state index contributed by atoms with van der Waals surface area (Å²) in [6.45, 7) is 6.00. The maximum Gasteiger partial charge on any atom is 0.307 e. The Labute approximate surface area is 126 Å². The van der Waals surface area contributed by atoms with Crippen LogP contribution in [0.15, 0.2) is 24.3 Å². The number of rotatable bonds is 8. The predicted octanol–water partition coefficient (Wildman–Crippen LogP) is 2.70. The molecule has 0 radical (unpaired) electrons. The van der Waals surface area contributed by atoms with Gasteiger partial charge in [-0.3, -0.25) is 4.79 Å². The van der Waals surface area contributed by atoms with Crippen molar-refractivity contribution in [3.8, 4) is 5.75 Å². The van der Waals surface area contributed by atoms with E-state index < -0.39 is 0 Å². The molecule has 0 spiro atoms. The second-order valence-corrected chi connectivity index (χ2v) is 5.65. The van der Waals surface area contributed by atoms with Crippen LogP contribution in [0, 0.1) is 12.8 Å². The van der Waals surface area contributed by atoms with Gasteiger partial charge in [0.2, 0.25) is 0 Å². The largest absolute Gasteiger partial charge is 0.490 e. The van der Waals surface area contributed by atoms with Crippen molar-refractivity contribution >= 4 is 5.97 Å². The molecule has 116 valence electrons. The van der Waals surface area contributed by atoms with E-state index in [1.165, 1.54) is 5.56 Å². The number of ether oxygens (including phenoxy) is 2. The van der Waals surface area contributed by atoms with Gasteiger partial charge in [0.05, 0.1) is 19.1 Å². The van der Waals surface area contributed by atoms with Gasteiger partial charge in [0, 0.05) is 6.54 Å². The Morgan fingerprint density at radius 1 is 1.29 bits per heavy atom. The van der Waals surface area contributed by atoms with E-state index in [4.69, 9.17) is 9.47 Å². The summed E-state index contributed by atoms with van der Waals surface area (Å²) in [7, 11) is 0. The smallest absolute Gasteiger partial charge is 0.307 e. The highest BCUT2D eigenvalue weighted by Crippen LogP contribution is 2.30. The molecular weight excluding hydrogens is 266 g/mol. The third-order valence-electron chi connectivity index (χ3n) is 3.76. The minimum atomic E-state index is -0.126. The van der Waals surface area contributed by atoms with Gasteiger partial charge in [0.1, 0.15) is 5.75 Å². The fourth-order valence-corrected chi connectivity index (χ4v) is 2.48. The molecule has 0 atom stereocenters. The molecule has 21 heavy (non-hydrogen) atoms. The third kappa shape index (κ3) is 5.38. The summed E-state index contributed by atoms with van der Waals surface area (Å²) in [6, 6.07) is 8.20. The van der Waals surface area contributed by atoms with Crippen LogP contribution in [0.4, 0.5) is 0 Å². The summed E-state index contributed by atoms with van der Waals surface area (Å²) < 4.78 is 10.8. The number of hydrogen-bond acceptors (Lipinski definition) is 4. The summed E-state index contributed by atoms with van der Waals surface area (Å²) in [5, 5.41) is 3.31. The van der Waals surface area contributed by atoms with Gasteiger partial charge in [-0.1, -0.05) is 17.7 Å². The van der Waals surface area contributed by atoms with E-state index >= 15 is 0 Å². The molecule has 1 fully saturated rings. The molecule has 0 bridgehead atoms. The van der Waals surface area contributed by atoms with E-state index in [2.05, 4.69) is 24.4 Å². The van der Waals surface area contributed by atoms with E-state index in [1.54, 1.807) is 0 Å². The topological polar surface area (TPSA) is 47.6 Å². The molecule has 0 amide bonds. The maximum absolute atomic E-state index is 11.2. The molecule has 2 rings (SSSR count). The zero-order valence-electron chi connectivity index (χ0n) is 12.9. The SMILES string of the molecule is CCOC(=O)CCNCC1CC(Oc2ccc(C)cc2)C1. The van der Waals surface area contributed by atoms with Crippen LogP contribution in [0.2, 0.25) is 0 Å². The van der Waals surface area contributed by atoms with Crippen molar-refractivity contribution in [3.05, 3.63) is 29.8 Å². The van der Waals surface area contributed by atoms with Crippen molar-refractivity contribution in [2.45, 2.75) is 39.2 Å². The molecule has 0 aliphatic heterocycles. The summed E-state index contributed by atoms with van der Waals surface area (Å²) in [5.74, 6) is 1.49. The Morgan fingerprint density at radius 3 is 2.67 bits per heavy atom. The first-order chi connectivity index (χ1) is 10.2.